The number of hydrogen-bond acceptors (Lipinski definition) is 1. The standard InChI is InChI=1S/C8H16O2.Mn/c1-2-3-4-5-6-7-8(9)10;/h2-7H2,1H3,(H,9,10);. The molecule has 11 heavy (non-hydrogen) atoms. The number of carboxylic acids is 1. The largest absolute Gasteiger partial charge is 0.481 e. The summed E-state index contributed by atoms with van der Waals surface area (Å²) >= 11 is 0. The van der Waals surface area contributed by atoms with Gasteiger partial charge in [-0.05, 0) is 6.42 Å². The van der Waals surface area contributed by atoms with E-state index in [0.717, 1.165) is 12.8 Å². The Labute approximate surface area is 78.8 Å². The number of aliphatic carboxylic acids is 1. The maximum atomic E-state index is 10.0. The molecular weight excluding hydrogens is 183 g/mol. The van der Waals surface area contributed by atoms with E-state index in [0.29, 0.717) is 6.42 Å². The van der Waals surface area contributed by atoms with E-state index in [1.54, 1.807) is 0 Å². The van der Waals surface area contributed by atoms with E-state index in [2.05, 4.69) is 6.92 Å². The number of carbonyl (C=O) groups is 1. The average Bonchev–Trinajstić information content (AvgIpc) is 1.87. The molecule has 67 valence electrons. The van der Waals surface area contributed by atoms with E-state index >= 15 is 0 Å². The first kappa shape index (κ1) is 13.6. The summed E-state index contributed by atoms with van der Waals surface area (Å²) in [5.74, 6) is -0.670. The van der Waals surface area contributed by atoms with Gasteiger partial charge in [-0.3, -0.25) is 4.79 Å². The van der Waals surface area contributed by atoms with Gasteiger partial charge in [-0.1, -0.05) is 32.6 Å². The quantitative estimate of drug-likeness (QED) is 0.527. The zero-order valence-corrected chi connectivity index (χ0v) is 8.16. The number of carboxylic acid groups (broad SMARTS) is 1. The van der Waals surface area contributed by atoms with Crippen molar-refractivity contribution in [1.29, 1.82) is 0 Å². The molecule has 0 spiro atoms. The van der Waals surface area contributed by atoms with Crippen molar-refractivity contribution in [3.05, 3.63) is 0 Å². The van der Waals surface area contributed by atoms with Gasteiger partial charge in [-0.25, -0.2) is 0 Å². The van der Waals surface area contributed by atoms with Gasteiger partial charge in [0.1, 0.15) is 0 Å². The molecule has 0 unspecified atom stereocenters. The second-order valence-corrected chi connectivity index (χ2v) is 2.56. The minimum absolute atomic E-state index is 0. The molecule has 0 aliphatic heterocycles. The summed E-state index contributed by atoms with van der Waals surface area (Å²) in [6.45, 7) is 2.15. The van der Waals surface area contributed by atoms with Crippen LogP contribution >= 0.6 is 0 Å². The smallest absolute Gasteiger partial charge is 0.303 e. The number of unbranched alkanes of at least 4 members (excludes halogenated alkanes) is 4. The Morgan fingerprint density at radius 1 is 1.18 bits per heavy atom. The van der Waals surface area contributed by atoms with E-state index in [-0.39, 0.29) is 17.1 Å². The maximum Gasteiger partial charge on any atom is 0.303 e. The van der Waals surface area contributed by atoms with E-state index < -0.39 is 5.97 Å². The van der Waals surface area contributed by atoms with Crippen molar-refractivity contribution in [3.8, 4) is 0 Å². The van der Waals surface area contributed by atoms with Gasteiger partial charge in [-0.2, -0.15) is 0 Å². The van der Waals surface area contributed by atoms with Gasteiger partial charge in [0.2, 0.25) is 0 Å². The molecule has 0 aromatic heterocycles. The molecule has 0 heterocycles. The van der Waals surface area contributed by atoms with E-state index in [1.165, 1.54) is 19.3 Å². The molecule has 1 N–H and O–H groups in total. The van der Waals surface area contributed by atoms with Crippen LogP contribution in [0.3, 0.4) is 0 Å². The van der Waals surface area contributed by atoms with Crippen LogP contribution in [0.25, 0.3) is 0 Å². The van der Waals surface area contributed by atoms with Crippen molar-refractivity contribution in [1.82, 2.24) is 0 Å². The van der Waals surface area contributed by atoms with Crippen molar-refractivity contribution >= 4 is 5.97 Å². The van der Waals surface area contributed by atoms with Gasteiger partial charge in [0.15, 0.2) is 0 Å². The zero-order valence-electron chi connectivity index (χ0n) is 6.98. The fourth-order valence-corrected chi connectivity index (χ4v) is 0.880. The Balaban J connectivity index is 0. The molecule has 0 aliphatic carbocycles. The van der Waals surface area contributed by atoms with Gasteiger partial charge in [-0.15, -0.1) is 0 Å². The first-order valence-electron chi connectivity index (χ1n) is 3.99. The normalized spacial score (nSPS) is 8.82. The van der Waals surface area contributed by atoms with Crippen LogP contribution in [0.4, 0.5) is 0 Å². The average molecular weight is 199 g/mol. The van der Waals surface area contributed by atoms with Crippen molar-refractivity contribution in [2.45, 2.75) is 45.4 Å². The number of hydrogen-bond donors (Lipinski definition) is 1. The maximum absolute atomic E-state index is 10.0. The Hall–Kier alpha value is -0.0105. The summed E-state index contributed by atoms with van der Waals surface area (Å²) in [5.41, 5.74) is 0. The summed E-state index contributed by atoms with van der Waals surface area (Å²) in [6, 6.07) is 0. The Bertz CT molecular complexity index is 94.1. The van der Waals surface area contributed by atoms with E-state index in [4.69, 9.17) is 5.11 Å². The van der Waals surface area contributed by atoms with Crippen LogP contribution < -0.4 is 0 Å². The molecule has 0 rings (SSSR count). The predicted octanol–water partition coefficient (Wildman–Crippen LogP) is 2.43. The summed E-state index contributed by atoms with van der Waals surface area (Å²) in [7, 11) is 0. The molecule has 3 heteroatoms. The van der Waals surface area contributed by atoms with Crippen molar-refractivity contribution in [2.75, 3.05) is 0 Å². The first-order valence-corrected chi connectivity index (χ1v) is 3.99. The topological polar surface area (TPSA) is 37.3 Å². The van der Waals surface area contributed by atoms with Crippen LogP contribution in [0.5, 0.6) is 0 Å². The Morgan fingerprint density at radius 3 is 2.18 bits per heavy atom. The third kappa shape index (κ3) is 13.1. The van der Waals surface area contributed by atoms with Crippen molar-refractivity contribution in [3.63, 3.8) is 0 Å². The molecule has 2 nitrogen and oxygen atoms in total. The molecule has 0 aromatic carbocycles. The second kappa shape index (κ2) is 9.99. The molecular formula is C8H16MnO2. The van der Waals surface area contributed by atoms with Crippen LogP contribution in [0, 0.1) is 0 Å². The summed E-state index contributed by atoms with van der Waals surface area (Å²) < 4.78 is 0. The summed E-state index contributed by atoms with van der Waals surface area (Å²) in [6.07, 6.45) is 5.88. The van der Waals surface area contributed by atoms with Gasteiger partial charge < -0.3 is 5.11 Å². The third-order valence-corrected chi connectivity index (χ3v) is 1.49. The van der Waals surface area contributed by atoms with Crippen LogP contribution in [0.2, 0.25) is 0 Å². The van der Waals surface area contributed by atoms with E-state index in [1.807, 2.05) is 0 Å². The molecule has 0 aliphatic rings. The van der Waals surface area contributed by atoms with Crippen LogP contribution in [-0.4, -0.2) is 11.1 Å². The monoisotopic (exact) mass is 199 g/mol. The molecule has 0 atom stereocenters. The third-order valence-electron chi connectivity index (χ3n) is 1.49. The molecule has 0 saturated carbocycles. The zero-order chi connectivity index (χ0) is 7.82. The molecule has 0 fully saturated rings. The van der Waals surface area contributed by atoms with Crippen LogP contribution in [0.1, 0.15) is 45.4 Å². The van der Waals surface area contributed by atoms with Crippen LogP contribution in [0.15, 0.2) is 0 Å². The van der Waals surface area contributed by atoms with E-state index in [9.17, 15) is 4.79 Å². The van der Waals surface area contributed by atoms with Crippen molar-refractivity contribution < 1.29 is 27.0 Å². The summed E-state index contributed by atoms with van der Waals surface area (Å²) in [5, 5.41) is 8.27. The second-order valence-electron chi connectivity index (χ2n) is 2.56. The van der Waals surface area contributed by atoms with Gasteiger partial charge in [0.05, 0.1) is 0 Å². The molecule has 0 amide bonds. The molecule has 0 bridgehead atoms. The molecule has 0 saturated heterocycles. The van der Waals surface area contributed by atoms with Gasteiger partial charge >= 0.3 is 5.97 Å². The fourth-order valence-electron chi connectivity index (χ4n) is 0.880. The fraction of sp³-hybridized carbons (Fsp3) is 0.875. The number of rotatable bonds is 6. The molecule has 1 radical (unpaired) electrons. The Morgan fingerprint density at radius 2 is 1.73 bits per heavy atom. The van der Waals surface area contributed by atoms with Crippen molar-refractivity contribution in [2.24, 2.45) is 0 Å². The predicted molar refractivity (Wildman–Crippen MR) is 41.0 cm³/mol. The van der Waals surface area contributed by atoms with Gasteiger partial charge in [0.25, 0.3) is 0 Å². The minimum atomic E-state index is -0.670. The molecule has 0 aromatic rings. The van der Waals surface area contributed by atoms with Crippen LogP contribution in [-0.2, 0) is 21.9 Å². The SMILES string of the molecule is CCCCCCCC(=O)O.[Mn]. The minimum Gasteiger partial charge on any atom is -0.481 e. The van der Waals surface area contributed by atoms with Gasteiger partial charge in [0, 0.05) is 23.5 Å². The first-order chi connectivity index (χ1) is 4.77. The Kier molecular flexibility index (Phi) is 12.3. The summed E-state index contributed by atoms with van der Waals surface area (Å²) in [4.78, 5) is 10.0.